The second-order valence-corrected chi connectivity index (χ2v) is 9.85. The number of aryl methyl sites for hydroxylation is 6. The molecular formula is C30H37NO. The standard InChI is InChI=1S/C30H37NO/c1-16-11-17(2)13-26(12-16)14-32-15-31-29-24(9)20(5)18(3)22(7)27(29)28-23(8)19(4)21(6)25(10)30(28)31/h11-13H,14-15H2,1-10H3. The van der Waals surface area contributed by atoms with E-state index in [1.807, 2.05) is 0 Å². The summed E-state index contributed by atoms with van der Waals surface area (Å²) in [5.41, 5.74) is 17.6. The van der Waals surface area contributed by atoms with Gasteiger partial charge in [-0.2, -0.15) is 0 Å². The van der Waals surface area contributed by atoms with Crippen LogP contribution in [0.3, 0.4) is 0 Å². The van der Waals surface area contributed by atoms with E-state index in [-0.39, 0.29) is 0 Å². The van der Waals surface area contributed by atoms with E-state index in [1.54, 1.807) is 0 Å². The maximum absolute atomic E-state index is 6.38. The van der Waals surface area contributed by atoms with Gasteiger partial charge in [-0.3, -0.25) is 0 Å². The predicted octanol–water partition coefficient (Wildman–Crippen LogP) is 8.05. The fourth-order valence-corrected chi connectivity index (χ4v) is 5.52. The molecule has 0 aliphatic rings. The van der Waals surface area contributed by atoms with Gasteiger partial charge in [-0.05, 0) is 119 Å². The van der Waals surface area contributed by atoms with Crippen molar-refractivity contribution in [3.05, 3.63) is 79.4 Å². The monoisotopic (exact) mass is 427 g/mol. The Labute approximate surface area is 193 Å². The van der Waals surface area contributed by atoms with Crippen LogP contribution >= 0.6 is 0 Å². The quantitative estimate of drug-likeness (QED) is 0.321. The van der Waals surface area contributed by atoms with Gasteiger partial charge in [0.2, 0.25) is 0 Å². The van der Waals surface area contributed by atoms with Crippen LogP contribution in [0.15, 0.2) is 18.2 Å². The van der Waals surface area contributed by atoms with Gasteiger partial charge in [0.25, 0.3) is 0 Å². The van der Waals surface area contributed by atoms with E-state index < -0.39 is 0 Å². The lowest BCUT2D eigenvalue weighted by molar-refractivity contribution is 0.0691. The number of benzene rings is 3. The molecule has 0 saturated heterocycles. The Morgan fingerprint density at radius 3 is 1.38 bits per heavy atom. The molecule has 4 rings (SSSR count). The topological polar surface area (TPSA) is 14.2 Å². The van der Waals surface area contributed by atoms with Crippen LogP contribution in [-0.2, 0) is 18.1 Å². The third-order valence-corrected chi connectivity index (χ3v) is 7.87. The molecule has 3 aromatic carbocycles. The Hall–Kier alpha value is -2.58. The molecule has 0 atom stereocenters. The Morgan fingerprint density at radius 1 is 0.531 bits per heavy atom. The summed E-state index contributed by atoms with van der Waals surface area (Å²) in [4.78, 5) is 0. The molecule has 0 fully saturated rings. The number of rotatable bonds is 4. The van der Waals surface area contributed by atoms with Crippen molar-refractivity contribution >= 4 is 21.8 Å². The first-order chi connectivity index (χ1) is 15.0. The van der Waals surface area contributed by atoms with Crippen molar-refractivity contribution in [2.24, 2.45) is 0 Å². The minimum absolute atomic E-state index is 0.554. The SMILES string of the molecule is Cc1cc(C)cc(COCn2c3c(C)c(C)c(C)c(C)c3c3c(C)c(C)c(C)c(C)c32)c1. The smallest absolute Gasteiger partial charge is 0.123 e. The molecule has 0 bridgehead atoms. The zero-order valence-corrected chi connectivity index (χ0v) is 21.5. The number of nitrogens with zero attached hydrogens (tertiary/aromatic N) is 1. The van der Waals surface area contributed by atoms with Gasteiger partial charge in [-0.15, -0.1) is 0 Å². The predicted molar refractivity (Wildman–Crippen MR) is 138 cm³/mol. The minimum Gasteiger partial charge on any atom is -0.356 e. The Morgan fingerprint density at radius 2 is 0.938 bits per heavy atom. The molecule has 168 valence electrons. The molecule has 2 heteroatoms. The highest BCUT2D eigenvalue weighted by Crippen LogP contribution is 2.41. The summed E-state index contributed by atoms with van der Waals surface area (Å²) in [5.74, 6) is 0. The van der Waals surface area contributed by atoms with Gasteiger partial charge >= 0.3 is 0 Å². The molecule has 4 aromatic rings. The van der Waals surface area contributed by atoms with E-state index in [1.165, 1.54) is 83.0 Å². The van der Waals surface area contributed by atoms with Crippen LogP contribution in [0.25, 0.3) is 21.8 Å². The van der Waals surface area contributed by atoms with Gasteiger partial charge in [0.15, 0.2) is 0 Å². The number of hydrogen-bond donors (Lipinski definition) is 0. The molecule has 0 radical (unpaired) electrons. The lowest BCUT2D eigenvalue weighted by Gasteiger charge is -2.16. The summed E-state index contributed by atoms with van der Waals surface area (Å²) >= 11 is 0. The number of hydrogen-bond acceptors (Lipinski definition) is 1. The van der Waals surface area contributed by atoms with E-state index in [2.05, 4.69) is 92.0 Å². The molecule has 0 N–H and O–H groups in total. The molecule has 2 nitrogen and oxygen atoms in total. The Balaban J connectivity index is 1.96. The summed E-state index contributed by atoms with van der Waals surface area (Å²) in [5, 5.41) is 2.80. The van der Waals surface area contributed by atoms with Crippen LogP contribution in [0.1, 0.15) is 61.2 Å². The first kappa shape index (κ1) is 22.6. The molecule has 32 heavy (non-hydrogen) atoms. The van der Waals surface area contributed by atoms with Crippen LogP contribution < -0.4 is 0 Å². The number of fused-ring (bicyclic) bond motifs is 3. The van der Waals surface area contributed by atoms with Gasteiger partial charge in [-0.25, -0.2) is 0 Å². The number of aromatic nitrogens is 1. The summed E-state index contributed by atoms with van der Waals surface area (Å²) in [6.07, 6.45) is 0. The highest BCUT2D eigenvalue weighted by Gasteiger charge is 2.23. The van der Waals surface area contributed by atoms with Gasteiger partial charge in [0.1, 0.15) is 6.73 Å². The van der Waals surface area contributed by atoms with Gasteiger partial charge in [0.05, 0.1) is 17.6 Å². The molecule has 0 unspecified atom stereocenters. The molecule has 0 saturated carbocycles. The Kier molecular flexibility index (Phi) is 5.71. The fourth-order valence-electron chi connectivity index (χ4n) is 5.52. The lowest BCUT2D eigenvalue weighted by atomic mass is 9.90. The minimum atomic E-state index is 0.554. The van der Waals surface area contributed by atoms with Crippen LogP contribution in [0.5, 0.6) is 0 Å². The van der Waals surface area contributed by atoms with Crippen molar-refractivity contribution in [1.29, 1.82) is 0 Å². The normalized spacial score (nSPS) is 11.8. The maximum Gasteiger partial charge on any atom is 0.123 e. The molecular weight excluding hydrogens is 390 g/mol. The van der Waals surface area contributed by atoms with Gasteiger partial charge < -0.3 is 9.30 Å². The Bertz CT molecular complexity index is 1290. The third kappa shape index (κ3) is 3.36. The molecule has 0 spiro atoms. The summed E-state index contributed by atoms with van der Waals surface area (Å²) < 4.78 is 8.82. The van der Waals surface area contributed by atoms with Gasteiger partial charge in [-0.1, -0.05) is 29.3 Å². The van der Waals surface area contributed by atoms with Crippen LogP contribution in [0.2, 0.25) is 0 Å². The van der Waals surface area contributed by atoms with Crippen LogP contribution in [0.4, 0.5) is 0 Å². The highest BCUT2D eigenvalue weighted by molar-refractivity contribution is 6.14. The van der Waals surface area contributed by atoms with E-state index in [0.29, 0.717) is 13.3 Å². The van der Waals surface area contributed by atoms with E-state index in [9.17, 15) is 0 Å². The zero-order valence-electron chi connectivity index (χ0n) is 21.5. The number of ether oxygens (including phenoxy) is 1. The zero-order chi connectivity index (χ0) is 23.5. The van der Waals surface area contributed by atoms with Crippen molar-refractivity contribution in [2.75, 3.05) is 0 Å². The van der Waals surface area contributed by atoms with Crippen LogP contribution in [0, 0.1) is 69.2 Å². The molecule has 1 heterocycles. The summed E-state index contributed by atoms with van der Waals surface area (Å²) in [7, 11) is 0. The average Bonchev–Trinajstić information content (AvgIpc) is 3.08. The second-order valence-electron chi connectivity index (χ2n) is 9.85. The summed E-state index contributed by atoms with van der Waals surface area (Å²) in [6.45, 7) is 23.6. The first-order valence-corrected chi connectivity index (χ1v) is 11.7. The van der Waals surface area contributed by atoms with Crippen molar-refractivity contribution in [3.63, 3.8) is 0 Å². The second kappa shape index (κ2) is 8.08. The van der Waals surface area contributed by atoms with Crippen molar-refractivity contribution in [3.8, 4) is 0 Å². The van der Waals surface area contributed by atoms with Crippen molar-refractivity contribution < 1.29 is 4.74 Å². The van der Waals surface area contributed by atoms with E-state index in [4.69, 9.17) is 4.74 Å². The lowest BCUT2D eigenvalue weighted by Crippen LogP contribution is -2.06. The van der Waals surface area contributed by atoms with Crippen molar-refractivity contribution in [1.82, 2.24) is 4.57 Å². The third-order valence-electron chi connectivity index (χ3n) is 7.87. The largest absolute Gasteiger partial charge is 0.356 e. The summed E-state index contributed by atoms with van der Waals surface area (Å²) in [6, 6.07) is 6.67. The molecule has 0 amide bonds. The maximum atomic E-state index is 6.38. The fraction of sp³-hybridized carbons (Fsp3) is 0.400. The van der Waals surface area contributed by atoms with Crippen molar-refractivity contribution in [2.45, 2.75) is 82.6 Å². The molecule has 0 aliphatic heterocycles. The highest BCUT2D eigenvalue weighted by atomic mass is 16.5. The first-order valence-electron chi connectivity index (χ1n) is 11.7. The molecule has 1 aromatic heterocycles. The molecule has 0 aliphatic carbocycles. The average molecular weight is 428 g/mol. The van der Waals surface area contributed by atoms with Crippen LogP contribution in [-0.4, -0.2) is 4.57 Å². The van der Waals surface area contributed by atoms with Gasteiger partial charge in [0, 0.05) is 10.8 Å². The van der Waals surface area contributed by atoms with E-state index >= 15 is 0 Å². The van der Waals surface area contributed by atoms with E-state index in [0.717, 1.165) is 0 Å².